The van der Waals surface area contributed by atoms with E-state index in [1.807, 2.05) is 45.9 Å². The van der Waals surface area contributed by atoms with E-state index in [1.165, 1.54) is 18.3 Å². The van der Waals surface area contributed by atoms with Crippen LogP contribution >= 0.6 is 0 Å². The van der Waals surface area contributed by atoms with Gasteiger partial charge in [0.2, 0.25) is 0 Å². The van der Waals surface area contributed by atoms with Gasteiger partial charge in [0.25, 0.3) is 15.7 Å². The van der Waals surface area contributed by atoms with Crippen molar-refractivity contribution in [3.05, 3.63) is 98.4 Å². The molecular weight excluding hydrogens is 554 g/mol. The molecule has 0 amide bonds. The second-order valence-electron chi connectivity index (χ2n) is 10.1. The van der Waals surface area contributed by atoms with E-state index in [1.54, 1.807) is 16.7 Å². The summed E-state index contributed by atoms with van der Waals surface area (Å²) in [7, 11) is -4.41. The Hall–Kier alpha value is -4.35. The molecule has 42 heavy (non-hydrogen) atoms. The highest BCUT2D eigenvalue weighted by atomic mass is 32.2. The fourth-order valence-corrected chi connectivity index (χ4v) is 5.61. The predicted octanol–water partition coefficient (Wildman–Crippen LogP) is 5.37. The SMILES string of the molecule is CCc1nc(C)cc2c1c(CC)c(C)c(=O)n2Cc1ccc(-c2ncccc2S(=O)(=O)O)cc1.Cc1onc(N)c1C. The summed E-state index contributed by atoms with van der Waals surface area (Å²) >= 11 is 0. The van der Waals surface area contributed by atoms with Gasteiger partial charge in [-0.05, 0) is 69.9 Å². The van der Waals surface area contributed by atoms with Crippen LogP contribution in [0.25, 0.3) is 22.2 Å². The van der Waals surface area contributed by atoms with E-state index in [9.17, 15) is 17.8 Å². The second kappa shape index (κ2) is 12.3. The Morgan fingerprint density at radius 3 is 2.21 bits per heavy atom. The molecule has 0 bridgehead atoms. The Morgan fingerprint density at radius 2 is 1.69 bits per heavy atom. The molecule has 0 aliphatic heterocycles. The normalized spacial score (nSPS) is 11.4. The van der Waals surface area contributed by atoms with Crippen LogP contribution in [0.2, 0.25) is 0 Å². The van der Waals surface area contributed by atoms with E-state index in [0.717, 1.165) is 63.1 Å². The van der Waals surface area contributed by atoms with Crippen LogP contribution in [0.5, 0.6) is 0 Å². The van der Waals surface area contributed by atoms with Gasteiger partial charge in [0.1, 0.15) is 10.7 Å². The molecule has 0 radical (unpaired) electrons. The summed E-state index contributed by atoms with van der Waals surface area (Å²) in [5.74, 6) is 1.28. The van der Waals surface area contributed by atoms with Gasteiger partial charge in [-0.2, -0.15) is 8.42 Å². The van der Waals surface area contributed by atoms with Crippen LogP contribution in [0.3, 0.4) is 0 Å². The molecule has 0 aliphatic rings. The Labute approximate surface area is 245 Å². The van der Waals surface area contributed by atoms with Crippen molar-refractivity contribution in [2.75, 3.05) is 5.73 Å². The van der Waals surface area contributed by atoms with Crippen LogP contribution in [-0.2, 0) is 29.5 Å². The smallest absolute Gasteiger partial charge is 0.296 e. The molecule has 4 heterocycles. The minimum Gasteiger partial charge on any atom is -0.381 e. The summed E-state index contributed by atoms with van der Waals surface area (Å²) in [6.45, 7) is 12.0. The quantitative estimate of drug-likeness (QED) is 0.249. The van der Waals surface area contributed by atoms with E-state index in [2.05, 4.69) is 24.0 Å². The van der Waals surface area contributed by atoms with E-state index < -0.39 is 10.1 Å². The molecule has 0 spiro atoms. The molecule has 220 valence electrons. The number of aromatic nitrogens is 4. The van der Waals surface area contributed by atoms with Crippen molar-refractivity contribution in [3.8, 4) is 11.3 Å². The molecule has 0 saturated carbocycles. The molecule has 1 aromatic carbocycles. The summed E-state index contributed by atoms with van der Waals surface area (Å²) in [5, 5.41) is 4.57. The second-order valence-corrected chi connectivity index (χ2v) is 11.5. The first kappa shape index (κ1) is 30.6. The van der Waals surface area contributed by atoms with Gasteiger partial charge in [-0.15, -0.1) is 0 Å². The lowest BCUT2D eigenvalue weighted by Gasteiger charge is -2.18. The zero-order valence-corrected chi connectivity index (χ0v) is 25.4. The number of nitrogens with two attached hydrogens (primary N) is 1. The van der Waals surface area contributed by atoms with E-state index in [0.29, 0.717) is 17.9 Å². The summed E-state index contributed by atoms with van der Waals surface area (Å²) in [4.78, 5) is 22.0. The van der Waals surface area contributed by atoms with Gasteiger partial charge in [0.15, 0.2) is 5.82 Å². The average molecular weight is 590 g/mol. The van der Waals surface area contributed by atoms with Gasteiger partial charge >= 0.3 is 0 Å². The van der Waals surface area contributed by atoms with Gasteiger partial charge < -0.3 is 14.8 Å². The van der Waals surface area contributed by atoms with Crippen molar-refractivity contribution in [2.24, 2.45) is 0 Å². The van der Waals surface area contributed by atoms with Crippen molar-refractivity contribution >= 4 is 26.8 Å². The highest BCUT2D eigenvalue weighted by molar-refractivity contribution is 7.86. The lowest BCUT2D eigenvalue weighted by atomic mass is 9.98. The van der Waals surface area contributed by atoms with Crippen LogP contribution in [-0.4, -0.2) is 32.7 Å². The van der Waals surface area contributed by atoms with Gasteiger partial charge in [0, 0.05) is 39.7 Å². The maximum atomic E-state index is 13.4. The molecule has 10 nitrogen and oxygen atoms in total. The molecule has 0 unspecified atom stereocenters. The molecule has 11 heteroatoms. The minimum atomic E-state index is -4.41. The Morgan fingerprint density at radius 1 is 1.00 bits per heavy atom. The first-order valence-electron chi connectivity index (χ1n) is 13.6. The Bertz CT molecular complexity index is 1910. The van der Waals surface area contributed by atoms with Crippen molar-refractivity contribution in [1.29, 1.82) is 0 Å². The van der Waals surface area contributed by atoms with Crippen LogP contribution < -0.4 is 11.3 Å². The number of rotatable bonds is 6. The topological polar surface area (TPSA) is 154 Å². The molecular formula is C31H35N5O5S. The number of hydrogen-bond acceptors (Lipinski definition) is 8. The number of fused-ring (bicyclic) bond motifs is 1. The Kier molecular flexibility index (Phi) is 8.93. The summed E-state index contributed by atoms with van der Waals surface area (Å²) < 4.78 is 39.5. The molecule has 4 aromatic heterocycles. The van der Waals surface area contributed by atoms with Crippen molar-refractivity contribution in [1.82, 2.24) is 19.7 Å². The van der Waals surface area contributed by atoms with Crippen LogP contribution in [0.4, 0.5) is 5.82 Å². The third-order valence-corrected chi connectivity index (χ3v) is 8.20. The lowest BCUT2D eigenvalue weighted by molar-refractivity contribution is 0.399. The predicted molar refractivity (Wildman–Crippen MR) is 163 cm³/mol. The molecule has 0 aliphatic carbocycles. The van der Waals surface area contributed by atoms with E-state index in [4.69, 9.17) is 15.2 Å². The Balaban J connectivity index is 0.000000437. The summed E-state index contributed by atoms with van der Waals surface area (Å²) in [6.07, 6.45) is 3.01. The maximum Gasteiger partial charge on any atom is 0.296 e. The summed E-state index contributed by atoms with van der Waals surface area (Å²) in [6, 6.07) is 11.9. The highest BCUT2D eigenvalue weighted by Gasteiger charge is 2.19. The molecule has 0 saturated heterocycles. The standard InChI is InChI=1S/C26H27N3O4S.C5H8N2O/c1-5-20-17(4)26(30)29(22-14-16(3)28-21(6-2)24(20)22)15-18-9-11-19(12-10-18)25-23(34(31,32)33)8-7-13-27-25;1-3-4(2)8-7-5(3)6/h7-14H,5-6,15H2,1-4H3,(H,31,32,33);1-2H3,(H2,6,7). The number of anilines is 1. The number of nitrogens with zero attached hydrogens (tertiary/aromatic N) is 4. The maximum absolute atomic E-state index is 13.4. The molecule has 0 fully saturated rings. The minimum absolute atomic E-state index is 0.0283. The van der Waals surface area contributed by atoms with Crippen molar-refractivity contribution < 1.29 is 17.5 Å². The molecule has 0 atom stereocenters. The van der Waals surface area contributed by atoms with Gasteiger partial charge in [-0.1, -0.05) is 43.3 Å². The van der Waals surface area contributed by atoms with Gasteiger partial charge in [0.05, 0.1) is 17.8 Å². The first-order valence-corrected chi connectivity index (χ1v) is 15.0. The third kappa shape index (κ3) is 6.12. The third-order valence-electron chi connectivity index (χ3n) is 7.31. The number of benzene rings is 1. The average Bonchev–Trinajstić information content (AvgIpc) is 3.26. The lowest BCUT2D eigenvalue weighted by Crippen LogP contribution is -2.26. The van der Waals surface area contributed by atoms with Crippen molar-refractivity contribution in [2.45, 2.75) is 65.8 Å². The highest BCUT2D eigenvalue weighted by Crippen LogP contribution is 2.27. The monoisotopic (exact) mass is 589 g/mol. The van der Waals surface area contributed by atoms with Crippen LogP contribution in [0, 0.1) is 27.7 Å². The summed E-state index contributed by atoms with van der Waals surface area (Å²) in [5.41, 5.74) is 12.4. The number of nitrogen functional groups attached to an aromatic ring is 1. The molecule has 5 rings (SSSR count). The van der Waals surface area contributed by atoms with E-state index in [-0.39, 0.29) is 16.1 Å². The number of hydrogen-bond donors (Lipinski definition) is 2. The molecule has 3 N–H and O–H groups in total. The molecule has 5 aromatic rings. The van der Waals surface area contributed by atoms with Gasteiger partial charge in [-0.25, -0.2) is 0 Å². The zero-order chi connectivity index (χ0) is 30.8. The van der Waals surface area contributed by atoms with Crippen LogP contribution in [0.15, 0.2) is 62.9 Å². The van der Waals surface area contributed by atoms with Gasteiger partial charge in [-0.3, -0.25) is 19.3 Å². The zero-order valence-electron chi connectivity index (χ0n) is 24.6. The van der Waals surface area contributed by atoms with E-state index >= 15 is 0 Å². The van der Waals surface area contributed by atoms with Crippen molar-refractivity contribution in [3.63, 3.8) is 0 Å². The number of pyridine rings is 3. The fraction of sp³-hybridized carbons (Fsp3) is 0.290. The largest absolute Gasteiger partial charge is 0.381 e. The first-order chi connectivity index (χ1) is 19.9. The fourth-order valence-electron chi connectivity index (χ4n) is 4.94. The number of aryl methyl sites for hydroxylation is 4. The van der Waals surface area contributed by atoms with Crippen LogP contribution in [0.1, 0.15) is 53.2 Å².